The summed E-state index contributed by atoms with van der Waals surface area (Å²) >= 11 is 0. The number of furan rings is 1. The van der Waals surface area contributed by atoms with Crippen LogP contribution in [0.15, 0.2) is 107 Å². The van der Waals surface area contributed by atoms with Crippen LogP contribution in [0, 0.1) is 10.1 Å². The van der Waals surface area contributed by atoms with Crippen molar-refractivity contribution in [3.63, 3.8) is 0 Å². The second-order valence-corrected chi connectivity index (χ2v) is 8.24. The Morgan fingerprint density at radius 3 is 2.22 bits per heavy atom. The molecule has 5 rings (SSSR count). The monoisotopic (exact) mass is 476 g/mol. The van der Waals surface area contributed by atoms with Gasteiger partial charge in [-0.05, 0) is 73.2 Å². The predicted octanol–water partition coefficient (Wildman–Crippen LogP) is 6.53. The number of rotatable bonds is 6. The number of nitrogens with zero attached hydrogens (tertiary/aromatic N) is 2. The van der Waals surface area contributed by atoms with Crippen molar-refractivity contribution in [3.05, 3.63) is 130 Å². The zero-order valence-corrected chi connectivity index (χ0v) is 19.3. The standard InChI is InChI=1S/C29H20N2O5/c1-19(32)20-7-11-24(12-8-20)30-27(21-5-3-2-4-6-21)18-23(29(30)33)17-26-15-16-28(36-26)22-9-13-25(14-10-22)31(34)35/h2-18H,1H3/b23-17+. The van der Waals surface area contributed by atoms with Crippen LogP contribution in [-0.4, -0.2) is 16.6 Å². The molecule has 0 atom stereocenters. The van der Waals surface area contributed by atoms with Crippen molar-refractivity contribution in [1.29, 1.82) is 0 Å². The zero-order valence-electron chi connectivity index (χ0n) is 19.3. The molecule has 0 aliphatic carbocycles. The quantitative estimate of drug-likeness (QED) is 0.137. The number of amides is 1. The Kier molecular flexibility index (Phi) is 5.88. The SMILES string of the molecule is CC(=O)c1ccc(N2C(=O)/C(=C/c3ccc(-c4ccc([N+](=O)[O-])cc4)o3)C=C2c2ccccc2)cc1. The van der Waals surface area contributed by atoms with E-state index in [0.717, 1.165) is 5.56 Å². The van der Waals surface area contributed by atoms with E-state index in [1.54, 1.807) is 59.5 Å². The van der Waals surface area contributed by atoms with E-state index in [1.807, 2.05) is 36.4 Å². The number of hydrogen-bond acceptors (Lipinski definition) is 5. The molecule has 1 amide bonds. The van der Waals surface area contributed by atoms with Crippen molar-refractivity contribution in [2.45, 2.75) is 6.92 Å². The third kappa shape index (κ3) is 4.37. The van der Waals surface area contributed by atoms with Gasteiger partial charge in [0.05, 0.1) is 10.6 Å². The summed E-state index contributed by atoms with van der Waals surface area (Å²) in [6.45, 7) is 1.50. The Labute approximate surface area is 206 Å². The van der Waals surface area contributed by atoms with Crippen molar-refractivity contribution >= 4 is 34.8 Å². The number of benzene rings is 3. The van der Waals surface area contributed by atoms with Gasteiger partial charge in [-0.3, -0.25) is 24.6 Å². The first-order chi connectivity index (χ1) is 17.4. The Hall–Kier alpha value is -5.04. The number of non-ortho nitro benzene ring substituents is 1. The lowest BCUT2D eigenvalue weighted by molar-refractivity contribution is -0.384. The fourth-order valence-electron chi connectivity index (χ4n) is 4.02. The Balaban J connectivity index is 1.50. The van der Waals surface area contributed by atoms with Gasteiger partial charge in [0, 0.05) is 34.5 Å². The largest absolute Gasteiger partial charge is 0.457 e. The number of carbonyl (C=O) groups is 2. The van der Waals surface area contributed by atoms with Crippen LogP contribution in [-0.2, 0) is 4.79 Å². The van der Waals surface area contributed by atoms with Crippen molar-refractivity contribution in [3.8, 4) is 11.3 Å². The molecule has 0 radical (unpaired) electrons. The van der Waals surface area contributed by atoms with Crippen LogP contribution in [0.3, 0.4) is 0 Å². The molecule has 7 nitrogen and oxygen atoms in total. The van der Waals surface area contributed by atoms with Crippen molar-refractivity contribution in [2.75, 3.05) is 4.90 Å². The number of ketones is 1. The summed E-state index contributed by atoms with van der Waals surface area (Å²) in [6, 6.07) is 26.1. The van der Waals surface area contributed by atoms with E-state index in [-0.39, 0.29) is 17.4 Å². The normalized spacial score (nSPS) is 14.2. The maximum atomic E-state index is 13.5. The number of nitro benzene ring substituents is 1. The molecule has 0 unspecified atom stereocenters. The second kappa shape index (κ2) is 9.31. The molecule has 7 heteroatoms. The molecule has 0 saturated heterocycles. The maximum absolute atomic E-state index is 13.5. The van der Waals surface area contributed by atoms with Gasteiger partial charge in [-0.25, -0.2) is 0 Å². The summed E-state index contributed by atoms with van der Waals surface area (Å²) in [7, 11) is 0. The lowest BCUT2D eigenvalue weighted by atomic mass is 10.1. The van der Waals surface area contributed by atoms with Crippen LogP contribution >= 0.6 is 0 Å². The van der Waals surface area contributed by atoms with Gasteiger partial charge >= 0.3 is 0 Å². The number of anilines is 1. The Morgan fingerprint density at radius 1 is 0.889 bits per heavy atom. The van der Waals surface area contributed by atoms with E-state index in [0.29, 0.717) is 39.6 Å². The molecule has 3 aromatic carbocycles. The zero-order chi connectivity index (χ0) is 25.2. The highest BCUT2D eigenvalue weighted by Crippen LogP contribution is 2.36. The van der Waals surface area contributed by atoms with Gasteiger partial charge in [0.2, 0.25) is 0 Å². The van der Waals surface area contributed by atoms with E-state index < -0.39 is 4.92 Å². The molecule has 0 spiro atoms. The van der Waals surface area contributed by atoms with Crippen LogP contribution in [0.1, 0.15) is 28.6 Å². The highest BCUT2D eigenvalue weighted by molar-refractivity contribution is 6.23. The van der Waals surface area contributed by atoms with Crippen LogP contribution in [0.25, 0.3) is 23.1 Å². The first kappa shape index (κ1) is 22.7. The first-order valence-corrected chi connectivity index (χ1v) is 11.2. The number of nitro groups is 1. The number of carbonyl (C=O) groups excluding carboxylic acids is 2. The van der Waals surface area contributed by atoms with E-state index in [1.165, 1.54) is 19.1 Å². The minimum atomic E-state index is -0.455. The van der Waals surface area contributed by atoms with Gasteiger partial charge in [0.15, 0.2) is 5.78 Å². The third-order valence-corrected chi connectivity index (χ3v) is 5.87. The average Bonchev–Trinajstić information content (AvgIpc) is 3.49. The molecular weight excluding hydrogens is 456 g/mol. The molecule has 176 valence electrons. The molecule has 1 aliphatic heterocycles. The fraction of sp³-hybridized carbons (Fsp3) is 0.0345. The summed E-state index contributed by atoms with van der Waals surface area (Å²) in [4.78, 5) is 37.3. The first-order valence-electron chi connectivity index (χ1n) is 11.2. The maximum Gasteiger partial charge on any atom is 0.269 e. The van der Waals surface area contributed by atoms with Crippen LogP contribution in [0.5, 0.6) is 0 Å². The van der Waals surface area contributed by atoms with E-state index >= 15 is 0 Å². The fourth-order valence-corrected chi connectivity index (χ4v) is 4.02. The van der Waals surface area contributed by atoms with Crippen LogP contribution in [0.2, 0.25) is 0 Å². The molecule has 0 N–H and O–H groups in total. The topological polar surface area (TPSA) is 93.7 Å². The van der Waals surface area contributed by atoms with Gasteiger partial charge in [-0.2, -0.15) is 0 Å². The van der Waals surface area contributed by atoms with Gasteiger partial charge < -0.3 is 4.42 Å². The molecular formula is C29H20N2O5. The molecule has 4 aromatic rings. The van der Waals surface area contributed by atoms with Gasteiger partial charge in [0.25, 0.3) is 11.6 Å². The highest BCUT2D eigenvalue weighted by Gasteiger charge is 2.30. The lowest BCUT2D eigenvalue weighted by Crippen LogP contribution is -2.25. The third-order valence-electron chi connectivity index (χ3n) is 5.87. The smallest absolute Gasteiger partial charge is 0.269 e. The van der Waals surface area contributed by atoms with Crippen molar-refractivity contribution in [2.24, 2.45) is 0 Å². The van der Waals surface area contributed by atoms with Crippen LogP contribution < -0.4 is 4.90 Å². The van der Waals surface area contributed by atoms with Gasteiger partial charge in [-0.15, -0.1) is 0 Å². The minimum Gasteiger partial charge on any atom is -0.457 e. The van der Waals surface area contributed by atoms with Crippen LogP contribution in [0.4, 0.5) is 11.4 Å². The summed E-state index contributed by atoms with van der Waals surface area (Å²) < 4.78 is 5.92. The summed E-state index contributed by atoms with van der Waals surface area (Å²) in [5, 5.41) is 10.9. The lowest BCUT2D eigenvalue weighted by Gasteiger charge is -2.21. The van der Waals surface area contributed by atoms with Gasteiger partial charge in [-0.1, -0.05) is 30.3 Å². The van der Waals surface area contributed by atoms with Gasteiger partial charge in [0.1, 0.15) is 11.5 Å². The molecule has 1 aromatic heterocycles. The minimum absolute atomic E-state index is 0.000736. The molecule has 1 aliphatic rings. The molecule has 2 heterocycles. The van der Waals surface area contributed by atoms with E-state index in [4.69, 9.17) is 4.42 Å². The number of hydrogen-bond donors (Lipinski definition) is 0. The molecule has 0 saturated carbocycles. The molecule has 0 bridgehead atoms. The Bertz CT molecular complexity index is 1530. The van der Waals surface area contributed by atoms with E-state index in [2.05, 4.69) is 0 Å². The van der Waals surface area contributed by atoms with E-state index in [9.17, 15) is 19.7 Å². The van der Waals surface area contributed by atoms with Crippen molar-refractivity contribution in [1.82, 2.24) is 0 Å². The average molecular weight is 476 g/mol. The van der Waals surface area contributed by atoms with Crippen molar-refractivity contribution < 1.29 is 18.9 Å². The second-order valence-electron chi connectivity index (χ2n) is 8.24. The molecule has 36 heavy (non-hydrogen) atoms. The summed E-state index contributed by atoms with van der Waals surface area (Å²) in [5.74, 6) is 0.739. The summed E-state index contributed by atoms with van der Waals surface area (Å²) in [5.41, 5.74) is 3.93. The predicted molar refractivity (Wildman–Crippen MR) is 137 cm³/mol. The number of Topliss-reactive ketones (excluding diaryl/α,β-unsaturated/α-hetero) is 1. The molecule has 0 fully saturated rings. The summed E-state index contributed by atoms with van der Waals surface area (Å²) in [6.07, 6.45) is 3.48. The Morgan fingerprint density at radius 2 is 1.58 bits per heavy atom. The highest BCUT2D eigenvalue weighted by atomic mass is 16.6.